The number of amides is 1. The summed E-state index contributed by atoms with van der Waals surface area (Å²) in [5.41, 5.74) is 2.48. The molecule has 3 N–H and O–H groups in total. The Hall–Kier alpha value is -4.09. The van der Waals surface area contributed by atoms with Crippen LogP contribution in [0.1, 0.15) is 35.0 Å². The number of carbonyl (C=O) groups excluding carboxylic acids is 3. The van der Waals surface area contributed by atoms with Crippen molar-refractivity contribution in [2.45, 2.75) is 32.5 Å². The van der Waals surface area contributed by atoms with E-state index in [4.69, 9.17) is 23.7 Å². The first-order valence-electron chi connectivity index (χ1n) is 12.0. The number of aromatic nitrogens is 1. The second-order valence-electron chi connectivity index (χ2n) is 8.38. The zero-order valence-electron chi connectivity index (χ0n) is 21.6. The van der Waals surface area contributed by atoms with E-state index in [0.717, 1.165) is 5.56 Å². The molecule has 0 radical (unpaired) electrons. The fraction of sp³-hybridized carbons (Fsp3) is 0.370. The lowest BCUT2D eigenvalue weighted by Gasteiger charge is -2.18. The molecule has 11 nitrogen and oxygen atoms in total. The summed E-state index contributed by atoms with van der Waals surface area (Å²) < 4.78 is 26.1. The number of H-pyrrole nitrogens is 1. The Balaban J connectivity index is 1.89. The molecular formula is C27H32N2O9. The van der Waals surface area contributed by atoms with Crippen LogP contribution < -0.4 is 10.1 Å². The molecule has 1 atom stereocenters. The van der Waals surface area contributed by atoms with Gasteiger partial charge in [0.25, 0.3) is 0 Å². The van der Waals surface area contributed by atoms with Crippen LogP contribution in [0.25, 0.3) is 10.9 Å². The van der Waals surface area contributed by atoms with Gasteiger partial charge in [0.15, 0.2) is 0 Å². The molecule has 11 heteroatoms. The lowest BCUT2D eigenvalue weighted by atomic mass is 10.0. The van der Waals surface area contributed by atoms with Gasteiger partial charge in [-0.1, -0.05) is 30.3 Å². The van der Waals surface area contributed by atoms with E-state index in [1.54, 1.807) is 12.1 Å². The number of hydrogen-bond donors (Lipinski definition) is 3. The molecule has 0 aliphatic heterocycles. The molecule has 0 unspecified atom stereocenters. The lowest BCUT2D eigenvalue weighted by Crippen LogP contribution is -2.20. The van der Waals surface area contributed by atoms with Crippen LogP contribution in [-0.4, -0.2) is 68.3 Å². The third kappa shape index (κ3) is 7.95. The number of methoxy groups -OCH3 is 2. The molecule has 1 amide bonds. The third-order valence-corrected chi connectivity index (χ3v) is 5.53. The molecule has 0 fully saturated rings. The number of nitrogens with one attached hydrogen (secondary N) is 2. The Morgan fingerprint density at radius 1 is 1.05 bits per heavy atom. The molecule has 0 bridgehead atoms. The van der Waals surface area contributed by atoms with Crippen LogP contribution in [0.15, 0.2) is 42.5 Å². The van der Waals surface area contributed by atoms with E-state index >= 15 is 0 Å². The summed E-state index contributed by atoms with van der Waals surface area (Å²) in [5, 5.41) is 14.0. The van der Waals surface area contributed by atoms with Crippen molar-refractivity contribution < 1.29 is 43.2 Å². The van der Waals surface area contributed by atoms with Crippen LogP contribution in [0.3, 0.4) is 0 Å². The van der Waals surface area contributed by atoms with E-state index in [-0.39, 0.29) is 37.9 Å². The molecule has 3 rings (SSSR count). The summed E-state index contributed by atoms with van der Waals surface area (Å²) in [6.07, 6.45) is -1.13. The maximum absolute atomic E-state index is 12.3. The normalized spacial score (nSPS) is 11.6. The van der Waals surface area contributed by atoms with Gasteiger partial charge in [-0.25, -0.2) is 9.59 Å². The van der Waals surface area contributed by atoms with Gasteiger partial charge < -0.3 is 33.8 Å². The minimum Gasteiger partial charge on any atom is -0.491 e. The minimum absolute atomic E-state index is 0.0384. The predicted molar refractivity (Wildman–Crippen MR) is 138 cm³/mol. The van der Waals surface area contributed by atoms with E-state index in [2.05, 4.69) is 10.3 Å². The van der Waals surface area contributed by atoms with Gasteiger partial charge in [-0.05, 0) is 17.2 Å². The number of aliphatic hydroxyl groups excluding tert-OH is 1. The summed E-state index contributed by atoms with van der Waals surface area (Å²) in [6.45, 7) is 2.06. The molecule has 1 aromatic heterocycles. The van der Waals surface area contributed by atoms with Crippen molar-refractivity contribution in [2.75, 3.05) is 39.4 Å². The van der Waals surface area contributed by atoms with E-state index in [9.17, 15) is 19.5 Å². The average Bonchev–Trinajstić information content (AvgIpc) is 3.36. The van der Waals surface area contributed by atoms with Gasteiger partial charge in [0.05, 0.1) is 58.0 Å². The van der Waals surface area contributed by atoms with Gasteiger partial charge in [0.2, 0.25) is 0 Å². The second-order valence-corrected chi connectivity index (χ2v) is 8.38. The second kappa shape index (κ2) is 14.0. The molecule has 0 aliphatic rings. The van der Waals surface area contributed by atoms with E-state index in [1.807, 2.05) is 30.3 Å². The monoisotopic (exact) mass is 528 g/mol. The maximum atomic E-state index is 12.3. The van der Waals surface area contributed by atoms with Crippen LogP contribution in [0, 0.1) is 0 Å². The smallest absolute Gasteiger partial charge is 0.411 e. The number of esters is 2. The topological polar surface area (TPSA) is 145 Å². The summed E-state index contributed by atoms with van der Waals surface area (Å²) >= 11 is 0. The highest BCUT2D eigenvalue weighted by atomic mass is 16.5. The molecule has 1 heterocycles. The van der Waals surface area contributed by atoms with Crippen LogP contribution in [0.2, 0.25) is 0 Å². The Bertz CT molecular complexity index is 1240. The predicted octanol–water partition coefficient (Wildman–Crippen LogP) is 3.59. The van der Waals surface area contributed by atoms with E-state index in [1.165, 1.54) is 21.1 Å². The van der Waals surface area contributed by atoms with Crippen molar-refractivity contribution >= 4 is 34.6 Å². The Morgan fingerprint density at radius 2 is 1.82 bits per heavy atom. The Labute approximate surface area is 220 Å². The molecule has 0 aliphatic carbocycles. The number of hydrogen-bond acceptors (Lipinski definition) is 9. The highest BCUT2D eigenvalue weighted by Gasteiger charge is 2.22. The summed E-state index contributed by atoms with van der Waals surface area (Å²) in [4.78, 5) is 38.4. The van der Waals surface area contributed by atoms with Crippen molar-refractivity contribution in [3.63, 3.8) is 0 Å². The van der Waals surface area contributed by atoms with Crippen molar-refractivity contribution in [1.29, 1.82) is 0 Å². The standard InChI is InChI=1S/C27H32N2O9/c1-17(30)37-10-7-11-38-24-14-22(29-27(33)35-3)20(21-13-23(26(32)34-2)28-25(21)24)12-19(31)16-36-15-18-8-5-4-6-9-18/h4-6,8-9,13-14,19,28,31H,7,10-12,15-16H2,1-3H3,(H,29,33)/t19-/m0/s1. The molecule has 0 spiro atoms. The SMILES string of the molecule is COC(=O)Nc1cc(OCCCOC(C)=O)c2[nH]c(C(=O)OC)cc2c1C[C@H](O)COCc1ccccc1. The molecule has 3 aromatic rings. The van der Waals surface area contributed by atoms with Gasteiger partial charge >= 0.3 is 18.0 Å². The van der Waals surface area contributed by atoms with Crippen molar-refractivity contribution in [3.05, 3.63) is 59.3 Å². The highest BCUT2D eigenvalue weighted by Crippen LogP contribution is 2.36. The number of aliphatic hydroxyl groups is 1. The van der Waals surface area contributed by atoms with Crippen LogP contribution in [0.4, 0.5) is 10.5 Å². The summed E-state index contributed by atoms with van der Waals surface area (Å²) in [7, 11) is 2.50. The Morgan fingerprint density at radius 3 is 2.50 bits per heavy atom. The zero-order valence-corrected chi connectivity index (χ0v) is 21.6. The van der Waals surface area contributed by atoms with Gasteiger partial charge in [0.1, 0.15) is 11.4 Å². The summed E-state index contributed by atoms with van der Waals surface area (Å²) in [6, 6.07) is 12.7. The van der Waals surface area contributed by atoms with Gasteiger partial charge in [-0.2, -0.15) is 0 Å². The number of carbonyl (C=O) groups is 3. The van der Waals surface area contributed by atoms with Crippen molar-refractivity contribution in [1.82, 2.24) is 4.98 Å². The van der Waals surface area contributed by atoms with Gasteiger partial charge in [0, 0.05) is 31.2 Å². The van der Waals surface area contributed by atoms with Crippen LogP contribution in [-0.2, 0) is 36.8 Å². The van der Waals surface area contributed by atoms with Crippen LogP contribution >= 0.6 is 0 Å². The summed E-state index contributed by atoms with van der Waals surface area (Å²) in [5.74, 6) is -0.648. The minimum atomic E-state index is -0.924. The zero-order chi connectivity index (χ0) is 27.5. The number of ether oxygens (including phenoxy) is 5. The number of benzene rings is 2. The highest BCUT2D eigenvalue weighted by molar-refractivity contribution is 6.02. The lowest BCUT2D eigenvalue weighted by molar-refractivity contribution is -0.141. The fourth-order valence-electron chi connectivity index (χ4n) is 3.79. The van der Waals surface area contributed by atoms with Gasteiger partial charge in [-0.15, -0.1) is 0 Å². The van der Waals surface area contributed by atoms with Crippen molar-refractivity contribution in [3.8, 4) is 5.75 Å². The molecule has 0 saturated carbocycles. The fourth-order valence-corrected chi connectivity index (χ4v) is 3.79. The van der Waals surface area contributed by atoms with Crippen LogP contribution in [0.5, 0.6) is 5.75 Å². The van der Waals surface area contributed by atoms with Gasteiger partial charge in [-0.3, -0.25) is 10.1 Å². The molecule has 38 heavy (non-hydrogen) atoms. The van der Waals surface area contributed by atoms with E-state index in [0.29, 0.717) is 40.9 Å². The molecule has 2 aromatic carbocycles. The first kappa shape index (κ1) is 28.5. The number of rotatable bonds is 13. The molecule has 204 valence electrons. The maximum Gasteiger partial charge on any atom is 0.411 e. The number of fused-ring (bicyclic) bond motifs is 1. The molecular weight excluding hydrogens is 496 g/mol. The quantitative estimate of drug-likeness (QED) is 0.172. The molecule has 0 saturated heterocycles. The number of aromatic amines is 1. The Kier molecular flexibility index (Phi) is 10.5. The van der Waals surface area contributed by atoms with E-state index < -0.39 is 18.2 Å². The average molecular weight is 529 g/mol. The van der Waals surface area contributed by atoms with Crippen molar-refractivity contribution in [2.24, 2.45) is 0 Å². The largest absolute Gasteiger partial charge is 0.491 e. The first-order valence-corrected chi connectivity index (χ1v) is 12.0. The third-order valence-electron chi connectivity index (χ3n) is 5.53. The number of anilines is 1. The first-order chi connectivity index (χ1) is 18.3.